The van der Waals surface area contributed by atoms with Gasteiger partial charge in [-0.25, -0.2) is 19.4 Å². The van der Waals surface area contributed by atoms with Crippen molar-refractivity contribution in [3.63, 3.8) is 0 Å². The van der Waals surface area contributed by atoms with Gasteiger partial charge in [-0.15, -0.1) is 0 Å². The number of fused-ring (bicyclic) bond motifs is 1. The molecular formula is C27H30F9N5O8. The van der Waals surface area contributed by atoms with Gasteiger partial charge in [0.1, 0.15) is 5.82 Å². The number of carbonyl (C=O) groups is 4. The number of aliphatic hydroxyl groups is 1. The Morgan fingerprint density at radius 2 is 1.22 bits per heavy atom. The van der Waals surface area contributed by atoms with E-state index in [0.29, 0.717) is 30.0 Å². The molecule has 1 fully saturated rings. The quantitative estimate of drug-likeness (QED) is 0.185. The Labute approximate surface area is 270 Å². The molecule has 13 nitrogen and oxygen atoms in total. The average Bonchev–Trinajstić information content (AvgIpc) is 3.39. The Morgan fingerprint density at radius 1 is 0.776 bits per heavy atom. The van der Waals surface area contributed by atoms with Crippen LogP contribution in [0.2, 0.25) is 0 Å². The van der Waals surface area contributed by atoms with Crippen LogP contribution in [0.25, 0.3) is 0 Å². The van der Waals surface area contributed by atoms with Gasteiger partial charge in [-0.1, -0.05) is 24.3 Å². The predicted octanol–water partition coefficient (Wildman–Crippen LogP) is 2.21. The second-order valence-corrected chi connectivity index (χ2v) is 9.98. The predicted molar refractivity (Wildman–Crippen MR) is 150 cm³/mol. The lowest BCUT2D eigenvalue weighted by Crippen LogP contribution is -2.51. The highest BCUT2D eigenvalue weighted by Gasteiger charge is 2.39. The van der Waals surface area contributed by atoms with Crippen molar-refractivity contribution in [1.82, 2.24) is 20.9 Å². The van der Waals surface area contributed by atoms with Gasteiger partial charge in [0.15, 0.2) is 0 Å². The zero-order chi connectivity index (χ0) is 37.6. The number of rotatable bonds is 8. The fourth-order valence-corrected chi connectivity index (χ4v) is 3.64. The second kappa shape index (κ2) is 18.7. The van der Waals surface area contributed by atoms with Crippen molar-refractivity contribution in [3.8, 4) is 0 Å². The Morgan fingerprint density at radius 3 is 1.61 bits per heavy atom. The summed E-state index contributed by atoms with van der Waals surface area (Å²) >= 11 is 0. The lowest BCUT2D eigenvalue weighted by Gasteiger charge is -2.28. The molecule has 1 aliphatic heterocycles. The maximum absolute atomic E-state index is 12.4. The average molecular weight is 724 g/mol. The van der Waals surface area contributed by atoms with Gasteiger partial charge in [-0.3, -0.25) is 4.79 Å². The van der Waals surface area contributed by atoms with Crippen molar-refractivity contribution in [2.24, 2.45) is 0 Å². The molecular weight excluding hydrogens is 693 g/mol. The SMILES string of the molecule is O=C(NCC(O)CNC1Cc2ccccc2C1)c1ccnc(NC2CNC2)c1.O=C(O)C(F)(F)F.O=C(O)C(F)(F)F.O=C(O)C(F)(F)F. The monoisotopic (exact) mass is 723 g/mol. The smallest absolute Gasteiger partial charge is 0.475 e. The van der Waals surface area contributed by atoms with Crippen molar-refractivity contribution in [3.05, 3.63) is 59.3 Å². The van der Waals surface area contributed by atoms with Crippen molar-refractivity contribution in [1.29, 1.82) is 0 Å². The highest BCUT2D eigenvalue weighted by molar-refractivity contribution is 5.94. The summed E-state index contributed by atoms with van der Waals surface area (Å²) in [7, 11) is 0. The number of benzene rings is 1. The van der Waals surface area contributed by atoms with E-state index >= 15 is 0 Å². The van der Waals surface area contributed by atoms with E-state index in [-0.39, 0.29) is 12.5 Å². The van der Waals surface area contributed by atoms with Crippen LogP contribution in [0.15, 0.2) is 42.6 Å². The van der Waals surface area contributed by atoms with Gasteiger partial charge in [0.25, 0.3) is 5.91 Å². The number of hydrogen-bond donors (Lipinski definition) is 8. The third-order valence-electron chi connectivity index (χ3n) is 6.07. The molecule has 0 spiro atoms. The number of halogens is 9. The minimum Gasteiger partial charge on any atom is -0.475 e. The van der Waals surface area contributed by atoms with Gasteiger partial charge in [-0.05, 0) is 36.1 Å². The van der Waals surface area contributed by atoms with E-state index in [2.05, 4.69) is 50.5 Å². The topological polar surface area (TPSA) is 210 Å². The minimum atomic E-state index is -5.08. The Bertz CT molecular complexity index is 1320. The van der Waals surface area contributed by atoms with Crippen LogP contribution in [0.5, 0.6) is 0 Å². The number of pyridine rings is 1. The van der Waals surface area contributed by atoms with Gasteiger partial charge < -0.3 is 41.7 Å². The maximum atomic E-state index is 12.4. The summed E-state index contributed by atoms with van der Waals surface area (Å²) in [6.07, 6.45) is -12.3. The van der Waals surface area contributed by atoms with Crippen LogP contribution in [0, 0.1) is 0 Å². The summed E-state index contributed by atoms with van der Waals surface area (Å²) in [5.74, 6) is -7.78. The van der Waals surface area contributed by atoms with E-state index in [1.165, 1.54) is 11.1 Å². The number of amides is 1. The Kier molecular flexibility index (Phi) is 16.2. The first kappa shape index (κ1) is 42.3. The summed E-state index contributed by atoms with van der Waals surface area (Å²) in [4.78, 5) is 43.3. The van der Waals surface area contributed by atoms with Crippen LogP contribution in [0.4, 0.5) is 45.3 Å². The summed E-state index contributed by atoms with van der Waals surface area (Å²) in [6.45, 7) is 2.48. The van der Waals surface area contributed by atoms with Crippen molar-refractivity contribution in [2.75, 3.05) is 31.5 Å². The molecule has 1 unspecified atom stereocenters. The minimum absolute atomic E-state index is 0.204. The molecule has 0 bridgehead atoms. The lowest BCUT2D eigenvalue weighted by atomic mass is 10.1. The van der Waals surface area contributed by atoms with Gasteiger partial charge in [0.2, 0.25) is 0 Å². The third-order valence-corrected chi connectivity index (χ3v) is 6.07. The molecule has 2 aliphatic rings. The molecule has 22 heteroatoms. The number of carboxylic acids is 3. The number of carbonyl (C=O) groups excluding carboxylic acids is 1. The molecule has 0 saturated carbocycles. The molecule has 49 heavy (non-hydrogen) atoms. The van der Waals surface area contributed by atoms with E-state index in [1.54, 1.807) is 18.3 Å². The molecule has 274 valence electrons. The number of aromatic nitrogens is 1. The van der Waals surface area contributed by atoms with E-state index in [1.807, 2.05) is 0 Å². The molecule has 1 saturated heterocycles. The number of hydrogen-bond acceptors (Lipinski definition) is 9. The fourth-order valence-electron chi connectivity index (χ4n) is 3.64. The van der Waals surface area contributed by atoms with E-state index in [0.717, 1.165) is 25.9 Å². The molecule has 2 aromatic rings. The number of nitrogens with one attached hydrogen (secondary N) is 4. The number of alkyl halides is 9. The standard InChI is InChI=1S/C21H27N5O2.3C2HF3O2/c27-19(12-24-17-7-14-3-1-2-4-15(14)8-17)13-25-21(28)16-5-6-23-20(9-16)26-18-10-22-11-18;3*3-2(4,5)1(6)7/h1-6,9,17-19,22,24,27H,7-8,10-13H2,(H,23,26)(H,25,28);3*(H,6,7). The van der Waals surface area contributed by atoms with E-state index in [4.69, 9.17) is 29.7 Å². The third kappa shape index (κ3) is 16.8. The molecule has 1 aromatic heterocycles. The van der Waals surface area contributed by atoms with Gasteiger partial charge in [0, 0.05) is 44.0 Å². The first-order valence-electron chi connectivity index (χ1n) is 13.6. The molecule has 8 N–H and O–H groups in total. The maximum Gasteiger partial charge on any atom is 0.490 e. The number of carboxylic acid groups (broad SMARTS) is 3. The van der Waals surface area contributed by atoms with E-state index in [9.17, 15) is 49.4 Å². The molecule has 1 atom stereocenters. The summed E-state index contributed by atoms with van der Waals surface area (Å²) < 4.78 is 95.2. The molecule has 1 amide bonds. The number of nitrogens with zero attached hydrogens (tertiary/aromatic N) is 1. The largest absolute Gasteiger partial charge is 0.490 e. The van der Waals surface area contributed by atoms with Crippen LogP contribution in [-0.4, -0.2) is 112 Å². The van der Waals surface area contributed by atoms with Crippen molar-refractivity contribution < 1.29 is 79.1 Å². The first-order chi connectivity index (χ1) is 22.5. The lowest BCUT2D eigenvalue weighted by molar-refractivity contribution is -0.193. The first-order valence-corrected chi connectivity index (χ1v) is 13.6. The van der Waals surface area contributed by atoms with Crippen molar-refractivity contribution >= 4 is 29.6 Å². The number of anilines is 1. The van der Waals surface area contributed by atoms with Crippen LogP contribution in [0.3, 0.4) is 0 Å². The van der Waals surface area contributed by atoms with Crippen LogP contribution in [-0.2, 0) is 27.2 Å². The second-order valence-electron chi connectivity index (χ2n) is 9.98. The zero-order valence-electron chi connectivity index (χ0n) is 24.8. The molecule has 4 rings (SSSR count). The summed E-state index contributed by atoms with van der Waals surface area (Å²) in [5, 5.41) is 44.3. The summed E-state index contributed by atoms with van der Waals surface area (Å²) in [6, 6.07) is 12.6. The van der Waals surface area contributed by atoms with Crippen LogP contribution in [0.1, 0.15) is 21.5 Å². The fraction of sp³-hybridized carbons (Fsp3) is 0.444. The number of aliphatic carboxylic acids is 3. The van der Waals surface area contributed by atoms with Gasteiger partial charge in [0.05, 0.1) is 12.1 Å². The Hall–Kier alpha value is -4.70. The van der Waals surface area contributed by atoms with Gasteiger partial charge in [-0.2, -0.15) is 39.5 Å². The molecule has 1 aromatic carbocycles. The van der Waals surface area contributed by atoms with Gasteiger partial charge >= 0.3 is 36.4 Å². The summed E-state index contributed by atoms with van der Waals surface area (Å²) in [5.41, 5.74) is 3.29. The molecule has 1 aliphatic carbocycles. The van der Waals surface area contributed by atoms with Crippen LogP contribution >= 0.6 is 0 Å². The number of aliphatic hydroxyl groups excluding tert-OH is 1. The van der Waals surface area contributed by atoms with E-state index < -0.39 is 42.5 Å². The zero-order valence-corrected chi connectivity index (χ0v) is 24.8. The highest BCUT2D eigenvalue weighted by atomic mass is 19.4. The Balaban J connectivity index is 0.000000467. The molecule has 2 heterocycles. The van der Waals surface area contributed by atoms with Crippen molar-refractivity contribution in [2.45, 2.75) is 49.6 Å². The highest BCUT2D eigenvalue weighted by Crippen LogP contribution is 2.21. The molecule has 0 radical (unpaired) electrons. The normalized spacial score (nSPS) is 14.9. The van der Waals surface area contributed by atoms with Crippen LogP contribution < -0.4 is 21.3 Å².